The Hall–Kier alpha value is -2.37. The summed E-state index contributed by atoms with van der Waals surface area (Å²) in [6, 6.07) is 18.4. The number of hydrogen-bond acceptors (Lipinski definition) is 4. The van der Waals surface area contributed by atoms with Crippen LogP contribution in [0.4, 0.5) is 4.79 Å². The summed E-state index contributed by atoms with van der Waals surface area (Å²) in [6.45, 7) is 5.74. The first kappa shape index (κ1) is 17.1. The van der Waals surface area contributed by atoms with Gasteiger partial charge >= 0.3 is 6.09 Å². The summed E-state index contributed by atoms with van der Waals surface area (Å²) < 4.78 is 10.9. The Morgan fingerprint density at radius 2 is 1.54 bits per heavy atom. The molecule has 2 fully saturated rings. The van der Waals surface area contributed by atoms with E-state index in [2.05, 4.69) is 29.2 Å². The number of benzene rings is 2. The first-order chi connectivity index (χ1) is 12.8. The van der Waals surface area contributed by atoms with Gasteiger partial charge in [-0.2, -0.15) is 0 Å². The van der Waals surface area contributed by atoms with Crippen LogP contribution in [0.5, 0.6) is 0 Å². The highest BCUT2D eigenvalue weighted by atomic mass is 16.6. The second kappa shape index (κ2) is 7.89. The summed E-state index contributed by atoms with van der Waals surface area (Å²) in [4.78, 5) is 16.4. The van der Waals surface area contributed by atoms with Crippen molar-refractivity contribution in [2.45, 2.75) is 19.2 Å². The molecule has 0 saturated carbocycles. The van der Waals surface area contributed by atoms with Crippen molar-refractivity contribution in [3.63, 3.8) is 0 Å². The number of hydrogen-bond donors (Lipinski definition) is 0. The number of rotatable bonds is 5. The van der Waals surface area contributed by atoms with Gasteiger partial charge in [0.1, 0.15) is 6.10 Å². The maximum Gasteiger partial charge on any atom is 0.410 e. The van der Waals surface area contributed by atoms with Gasteiger partial charge in [-0.3, -0.25) is 9.80 Å². The van der Waals surface area contributed by atoms with Crippen LogP contribution in [0.15, 0.2) is 54.6 Å². The van der Waals surface area contributed by atoms with E-state index >= 15 is 0 Å². The third-order valence-corrected chi connectivity index (χ3v) is 4.97. The number of amides is 1. The SMILES string of the molecule is O=C1O[C@H](c2ccccc2)CN1Cc1ccc(CN2CCOCC2)cc1. The lowest BCUT2D eigenvalue weighted by Gasteiger charge is -2.26. The Labute approximate surface area is 154 Å². The fourth-order valence-corrected chi connectivity index (χ4v) is 3.47. The summed E-state index contributed by atoms with van der Waals surface area (Å²) >= 11 is 0. The highest BCUT2D eigenvalue weighted by molar-refractivity contribution is 5.70. The number of cyclic esters (lactones) is 1. The number of morpholine rings is 1. The molecule has 2 heterocycles. The fourth-order valence-electron chi connectivity index (χ4n) is 3.47. The van der Waals surface area contributed by atoms with Crippen molar-refractivity contribution >= 4 is 6.09 Å². The summed E-state index contributed by atoms with van der Waals surface area (Å²) in [5.74, 6) is 0. The number of ether oxygens (including phenoxy) is 2. The average molecular weight is 352 g/mol. The van der Waals surface area contributed by atoms with E-state index in [9.17, 15) is 4.79 Å². The standard InChI is InChI=1S/C21H24N2O3/c24-21-23(16-20(26-21)19-4-2-1-3-5-19)15-18-8-6-17(7-9-18)14-22-10-12-25-13-11-22/h1-9,20H,10-16H2/t20-/m0/s1. The molecule has 2 aromatic carbocycles. The quantitative estimate of drug-likeness (QED) is 0.829. The van der Waals surface area contributed by atoms with Crippen LogP contribution in [-0.4, -0.2) is 48.7 Å². The Balaban J connectivity index is 1.34. The van der Waals surface area contributed by atoms with E-state index in [4.69, 9.17) is 9.47 Å². The molecule has 0 N–H and O–H groups in total. The summed E-state index contributed by atoms with van der Waals surface area (Å²) in [7, 11) is 0. The minimum atomic E-state index is -0.240. The van der Waals surface area contributed by atoms with E-state index in [0.717, 1.165) is 44.0 Å². The number of nitrogens with zero attached hydrogens (tertiary/aromatic N) is 2. The van der Waals surface area contributed by atoms with Crippen LogP contribution in [0.25, 0.3) is 0 Å². The molecular weight excluding hydrogens is 328 g/mol. The van der Waals surface area contributed by atoms with E-state index in [0.29, 0.717) is 13.1 Å². The van der Waals surface area contributed by atoms with Crippen LogP contribution in [0.3, 0.4) is 0 Å². The predicted octanol–water partition coefficient (Wildman–Crippen LogP) is 3.21. The zero-order chi connectivity index (χ0) is 17.8. The van der Waals surface area contributed by atoms with Gasteiger partial charge in [-0.05, 0) is 16.7 Å². The van der Waals surface area contributed by atoms with Crippen LogP contribution in [0, 0.1) is 0 Å². The van der Waals surface area contributed by atoms with Gasteiger partial charge in [-0.15, -0.1) is 0 Å². The molecule has 5 heteroatoms. The van der Waals surface area contributed by atoms with E-state index in [1.54, 1.807) is 4.90 Å². The minimum Gasteiger partial charge on any atom is -0.439 e. The van der Waals surface area contributed by atoms with Crippen molar-refractivity contribution < 1.29 is 14.3 Å². The monoisotopic (exact) mass is 352 g/mol. The highest BCUT2D eigenvalue weighted by Gasteiger charge is 2.32. The molecule has 0 radical (unpaired) electrons. The van der Waals surface area contributed by atoms with E-state index in [1.165, 1.54) is 5.56 Å². The molecule has 0 aliphatic carbocycles. The average Bonchev–Trinajstić information content (AvgIpc) is 3.05. The molecule has 0 spiro atoms. The number of carbonyl (C=O) groups excluding carboxylic acids is 1. The van der Waals surface area contributed by atoms with Gasteiger partial charge in [0.2, 0.25) is 0 Å². The van der Waals surface area contributed by atoms with Crippen LogP contribution in [0.2, 0.25) is 0 Å². The minimum absolute atomic E-state index is 0.177. The zero-order valence-corrected chi connectivity index (χ0v) is 14.8. The molecule has 5 nitrogen and oxygen atoms in total. The molecule has 2 aromatic rings. The lowest BCUT2D eigenvalue weighted by Crippen LogP contribution is -2.35. The third-order valence-electron chi connectivity index (χ3n) is 4.97. The third kappa shape index (κ3) is 4.06. The van der Waals surface area contributed by atoms with E-state index < -0.39 is 0 Å². The predicted molar refractivity (Wildman–Crippen MR) is 98.6 cm³/mol. The molecule has 2 aliphatic rings. The molecule has 4 rings (SSSR count). The molecule has 0 unspecified atom stereocenters. The molecule has 1 atom stereocenters. The molecular formula is C21H24N2O3. The van der Waals surface area contributed by atoms with Crippen molar-refractivity contribution in [3.8, 4) is 0 Å². The van der Waals surface area contributed by atoms with Crippen molar-refractivity contribution in [3.05, 3.63) is 71.3 Å². The second-order valence-electron chi connectivity index (χ2n) is 6.87. The van der Waals surface area contributed by atoms with Crippen LogP contribution in [-0.2, 0) is 22.6 Å². The Morgan fingerprint density at radius 3 is 2.23 bits per heavy atom. The van der Waals surface area contributed by atoms with Gasteiger partial charge in [-0.1, -0.05) is 54.6 Å². The molecule has 1 amide bonds. The highest BCUT2D eigenvalue weighted by Crippen LogP contribution is 2.27. The maximum absolute atomic E-state index is 12.2. The van der Waals surface area contributed by atoms with E-state index in [1.807, 2.05) is 30.3 Å². The van der Waals surface area contributed by atoms with Gasteiger partial charge in [0, 0.05) is 26.2 Å². The van der Waals surface area contributed by atoms with Crippen LogP contribution in [0.1, 0.15) is 22.8 Å². The van der Waals surface area contributed by atoms with Gasteiger partial charge in [-0.25, -0.2) is 4.79 Å². The first-order valence-corrected chi connectivity index (χ1v) is 9.16. The molecule has 136 valence electrons. The van der Waals surface area contributed by atoms with Crippen molar-refractivity contribution in [1.29, 1.82) is 0 Å². The summed E-state index contributed by atoms with van der Waals surface area (Å²) in [6.07, 6.45) is -0.416. The fraction of sp³-hybridized carbons (Fsp3) is 0.381. The lowest BCUT2D eigenvalue weighted by atomic mass is 10.1. The van der Waals surface area contributed by atoms with Crippen LogP contribution >= 0.6 is 0 Å². The van der Waals surface area contributed by atoms with Gasteiger partial charge < -0.3 is 9.47 Å². The topological polar surface area (TPSA) is 42.0 Å². The van der Waals surface area contributed by atoms with Gasteiger partial charge in [0.05, 0.1) is 19.8 Å². The Bertz CT molecular complexity index is 727. The van der Waals surface area contributed by atoms with Crippen LogP contribution < -0.4 is 0 Å². The Kier molecular flexibility index (Phi) is 5.18. The lowest BCUT2D eigenvalue weighted by molar-refractivity contribution is 0.0342. The zero-order valence-electron chi connectivity index (χ0n) is 14.8. The van der Waals surface area contributed by atoms with Crippen molar-refractivity contribution in [1.82, 2.24) is 9.80 Å². The molecule has 0 bridgehead atoms. The summed E-state index contributed by atoms with van der Waals surface area (Å²) in [5, 5.41) is 0. The molecule has 26 heavy (non-hydrogen) atoms. The van der Waals surface area contributed by atoms with E-state index in [-0.39, 0.29) is 12.2 Å². The largest absolute Gasteiger partial charge is 0.439 e. The van der Waals surface area contributed by atoms with Crippen molar-refractivity contribution in [2.24, 2.45) is 0 Å². The maximum atomic E-state index is 12.2. The normalized spacial score (nSPS) is 21.0. The first-order valence-electron chi connectivity index (χ1n) is 9.16. The second-order valence-corrected chi connectivity index (χ2v) is 6.87. The Morgan fingerprint density at radius 1 is 0.885 bits per heavy atom. The number of carbonyl (C=O) groups is 1. The van der Waals surface area contributed by atoms with Crippen molar-refractivity contribution in [2.75, 3.05) is 32.8 Å². The van der Waals surface area contributed by atoms with Gasteiger partial charge in [0.25, 0.3) is 0 Å². The molecule has 2 saturated heterocycles. The molecule has 2 aliphatic heterocycles. The van der Waals surface area contributed by atoms with Gasteiger partial charge in [0.15, 0.2) is 0 Å². The summed E-state index contributed by atoms with van der Waals surface area (Å²) in [5.41, 5.74) is 3.47. The molecule has 0 aromatic heterocycles. The smallest absolute Gasteiger partial charge is 0.410 e.